The first-order chi connectivity index (χ1) is 17.3. The number of hydrogen-bond acceptors (Lipinski definition) is 5. The van der Waals surface area contributed by atoms with Gasteiger partial charge in [-0.15, -0.1) is 0 Å². The molecule has 1 aliphatic rings. The number of fused-ring (bicyclic) bond motifs is 1. The number of aryl methyl sites for hydroxylation is 1. The second kappa shape index (κ2) is 9.41. The van der Waals surface area contributed by atoms with E-state index in [1.54, 1.807) is 37.4 Å². The number of carboxylic acids is 1. The first-order valence-corrected chi connectivity index (χ1v) is 11.5. The molecular formula is C27H23F2N3O4. The second-order valence-electron chi connectivity index (χ2n) is 8.74. The molecule has 3 heterocycles. The smallest absolute Gasteiger partial charge is 0.341 e. The number of aromatic carboxylic acids is 1. The molecule has 5 rings (SSSR count). The molecule has 2 aromatic carbocycles. The number of para-hydroxylation sites is 1. The van der Waals surface area contributed by atoms with Crippen LogP contribution >= 0.6 is 0 Å². The van der Waals surface area contributed by atoms with Gasteiger partial charge in [-0.1, -0.05) is 18.2 Å². The molecule has 184 valence electrons. The molecule has 4 aromatic rings. The van der Waals surface area contributed by atoms with E-state index in [1.807, 2.05) is 11.0 Å². The van der Waals surface area contributed by atoms with E-state index in [4.69, 9.17) is 4.74 Å². The van der Waals surface area contributed by atoms with Gasteiger partial charge in [-0.25, -0.2) is 18.6 Å². The van der Waals surface area contributed by atoms with E-state index in [1.165, 1.54) is 16.7 Å². The topological polar surface area (TPSA) is 84.7 Å². The fourth-order valence-electron chi connectivity index (χ4n) is 4.76. The maximum atomic E-state index is 15.4. The number of benzene rings is 2. The Hall–Kier alpha value is -4.27. The fourth-order valence-corrected chi connectivity index (χ4v) is 4.76. The maximum Gasteiger partial charge on any atom is 0.341 e. The molecule has 1 atom stereocenters. The lowest BCUT2D eigenvalue weighted by Gasteiger charge is -2.28. The van der Waals surface area contributed by atoms with Crippen LogP contribution in [0, 0.1) is 18.6 Å². The van der Waals surface area contributed by atoms with Gasteiger partial charge < -0.3 is 19.3 Å². The van der Waals surface area contributed by atoms with E-state index in [0.717, 1.165) is 25.1 Å². The van der Waals surface area contributed by atoms with Crippen LogP contribution in [-0.4, -0.2) is 39.8 Å². The van der Waals surface area contributed by atoms with Gasteiger partial charge in [0.2, 0.25) is 11.3 Å². The molecule has 0 aliphatic carbocycles. The van der Waals surface area contributed by atoms with Crippen LogP contribution < -0.4 is 15.1 Å². The summed E-state index contributed by atoms with van der Waals surface area (Å²) in [7, 11) is 0. The highest BCUT2D eigenvalue weighted by Gasteiger charge is 2.29. The van der Waals surface area contributed by atoms with E-state index < -0.39 is 28.6 Å². The Balaban J connectivity index is 1.65. The average Bonchev–Trinajstić information content (AvgIpc) is 3.32. The number of rotatable bonds is 6. The van der Waals surface area contributed by atoms with Crippen LogP contribution in [-0.2, 0) is 0 Å². The summed E-state index contributed by atoms with van der Waals surface area (Å²) < 4.78 is 37.5. The highest BCUT2D eigenvalue weighted by Crippen LogP contribution is 2.33. The highest BCUT2D eigenvalue weighted by molar-refractivity contribution is 5.94. The first-order valence-electron chi connectivity index (χ1n) is 11.5. The zero-order valence-electron chi connectivity index (χ0n) is 19.4. The number of ether oxygens (including phenoxy) is 1. The van der Waals surface area contributed by atoms with E-state index >= 15 is 4.39 Å². The summed E-state index contributed by atoms with van der Waals surface area (Å²) in [5.41, 5.74) is -0.320. The van der Waals surface area contributed by atoms with Crippen LogP contribution in [0.3, 0.4) is 0 Å². The number of nitrogens with zero attached hydrogens (tertiary/aromatic N) is 3. The van der Waals surface area contributed by atoms with Crippen molar-refractivity contribution in [1.82, 2.24) is 9.55 Å². The summed E-state index contributed by atoms with van der Waals surface area (Å²) in [4.78, 5) is 30.7. The third-order valence-electron chi connectivity index (χ3n) is 6.48. The quantitative estimate of drug-likeness (QED) is 0.420. The summed E-state index contributed by atoms with van der Waals surface area (Å²) in [5.74, 6) is -2.26. The molecule has 0 unspecified atom stereocenters. The second-order valence-corrected chi connectivity index (χ2v) is 8.74. The van der Waals surface area contributed by atoms with Gasteiger partial charge in [-0.2, -0.15) is 0 Å². The molecule has 1 N–H and O–H groups in total. The molecule has 0 saturated carbocycles. The third-order valence-corrected chi connectivity index (χ3v) is 6.48. The zero-order chi connectivity index (χ0) is 25.4. The van der Waals surface area contributed by atoms with Gasteiger partial charge in [0.25, 0.3) is 0 Å². The number of halogens is 2. The third kappa shape index (κ3) is 4.17. The molecule has 1 fully saturated rings. The predicted molar refractivity (Wildman–Crippen MR) is 131 cm³/mol. The van der Waals surface area contributed by atoms with Crippen LogP contribution in [0.4, 0.5) is 14.5 Å². The molecule has 0 spiro atoms. The summed E-state index contributed by atoms with van der Waals surface area (Å²) in [5, 5.41) is 9.45. The van der Waals surface area contributed by atoms with Crippen molar-refractivity contribution in [2.45, 2.75) is 25.8 Å². The molecule has 1 aliphatic heterocycles. The lowest BCUT2D eigenvalue weighted by molar-refractivity contribution is 0.0695. The lowest BCUT2D eigenvalue weighted by atomic mass is 10.1. The Morgan fingerprint density at radius 3 is 2.72 bits per heavy atom. The van der Waals surface area contributed by atoms with Crippen LogP contribution in [0.5, 0.6) is 5.88 Å². The van der Waals surface area contributed by atoms with Crippen molar-refractivity contribution >= 4 is 22.6 Å². The summed E-state index contributed by atoms with van der Waals surface area (Å²) in [6.07, 6.45) is 4.30. The highest BCUT2D eigenvalue weighted by atomic mass is 19.1. The van der Waals surface area contributed by atoms with Gasteiger partial charge in [0.15, 0.2) is 0 Å². The number of carbonyl (C=O) groups is 1. The normalized spacial score (nSPS) is 15.4. The molecule has 36 heavy (non-hydrogen) atoms. The minimum atomic E-state index is -1.47. The van der Waals surface area contributed by atoms with Crippen LogP contribution in [0.25, 0.3) is 16.6 Å². The summed E-state index contributed by atoms with van der Waals surface area (Å²) in [6.45, 7) is 2.53. The molecule has 9 heteroatoms. The molecule has 2 aromatic heterocycles. The van der Waals surface area contributed by atoms with Gasteiger partial charge in [0.05, 0.1) is 22.9 Å². The Labute approximate surface area is 205 Å². The largest absolute Gasteiger partial charge is 0.477 e. The Morgan fingerprint density at radius 2 is 2.00 bits per heavy atom. The van der Waals surface area contributed by atoms with Gasteiger partial charge in [0, 0.05) is 30.4 Å². The van der Waals surface area contributed by atoms with Crippen molar-refractivity contribution < 1.29 is 23.4 Å². The standard InChI is InChI=1S/C27H23F2N3O4/c1-16-6-4-8-20(28)25(16)32-14-19(27(34)35)26(33)18-12-21(29)23(13-22(18)32)31-11-5-7-17(31)15-36-24-9-2-3-10-30-24/h2-4,6,8-10,12-14,17H,5,7,11,15H2,1H3,(H,34,35)/t17-/m1/s1. The van der Waals surface area contributed by atoms with Crippen LogP contribution in [0.2, 0.25) is 0 Å². The van der Waals surface area contributed by atoms with Crippen molar-refractivity contribution in [3.63, 3.8) is 0 Å². The molecular weight excluding hydrogens is 468 g/mol. The Kier molecular flexibility index (Phi) is 6.13. The number of hydrogen-bond donors (Lipinski definition) is 1. The number of pyridine rings is 2. The first kappa shape index (κ1) is 23.5. The minimum absolute atomic E-state index is 0.0963. The molecule has 0 radical (unpaired) electrons. The van der Waals surface area contributed by atoms with Crippen LogP contribution in [0.1, 0.15) is 28.8 Å². The number of anilines is 1. The minimum Gasteiger partial charge on any atom is -0.477 e. The predicted octanol–water partition coefficient (Wildman–Crippen LogP) is 4.72. The summed E-state index contributed by atoms with van der Waals surface area (Å²) in [6, 6.07) is 12.2. The van der Waals surface area contributed by atoms with Crippen molar-refractivity contribution in [2.24, 2.45) is 0 Å². The lowest BCUT2D eigenvalue weighted by Crippen LogP contribution is -2.35. The average molecular weight is 491 g/mol. The zero-order valence-corrected chi connectivity index (χ0v) is 19.4. The van der Waals surface area contributed by atoms with Gasteiger partial charge >= 0.3 is 5.97 Å². The van der Waals surface area contributed by atoms with Crippen molar-refractivity contribution in [3.05, 3.63) is 93.9 Å². The Morgan fingerprint density at radius 1 is 1.17 bits per heavy atom. The van der Waals surface area contributed by atoms with Crippen molar-refractivity contribution in [3.8, 4) is 11.6 Å². The SMILES string of the molecule is Cc1cccc(F)c1-n1cc(C(=O)O)c(=O)c2cc(F)c(N3CCC[C@@H]3COc3ccccn3)cc21. The van der Waals surface area contributed by atoms with Crippen LogP contribution in [0.15, 0.2) is 65.7 Å². The monoisotopic (exact) mass is 491 g/mol. The van der Waals surface area contributed by atoms with Crippen molar-refractivity contribution in [1.29, 1.82) is 0 Å². The van der Waals surface area contributed by atoms with Crippen molar-refractivity contribution in [2.75, 3.05) is 18.1 Å². The van der Waals surface area contributed by atoms with E-state index in [0.29, 0.717) is 18.0 Å². The van der Waals surface area contributed by atoms with E-state index in [9.17, 15) is 19.1 Å². The van der Waals surface area contributed by atoms with Gasteiger partial charge in [-0.3, -0.25) is 4.79 Å². The molecule has 0 bridgehead atoms. The van der Waals surface area contributed by atoms with E-state index in [-0.39, 0.29) is 34.9 Å². The van der Waals surface area contributed by atoms with E-state index in [2.05, 4.69) is 4.98 Å². The van der Waals surface area contributed by atoms with Gasteiger partial charge in [0.1, 0.15) is 23.8 Å². The molecule has 7 nitrogen and oxygen atoms in total. The molecule has 0 amide bonds. The fraction of sp³-hybridized carbons (Fsp3) is 0.222. The molecule has 1 saturated heterocycles. The maximum absolute atomic E-state index is 15.4. The Bertz CT molecular complexity index is 1500. The number of carboxylic acid groups (broad SMARTS) is 1. The number of aromatic nitrogens is 2. The van der Waals surface area contributed by atoms with Gasteiger partial charge in [-0.05, 0) is 49.6 Å². The summed E-state index contributed by atoms with van der Waals surface area (Å²) >= 11 is 0.